The number of piperidine rings is 1. The Labute approximate surface area is 228 Å². The smallest absolute Gasteiger partial charge is 0.303 e. The minimum absolute atomic E-state index is 0.0327. The fourth-order valence-corrected chi connectivity index (χ4v) is 5.49. The first-order valence-corrected chi connectivity index (χ1v) is 13.0. The molecule has 1 unspecified atom stereocenters. The standard InChI is InChI=1S/C28H29ClF4N2O4/c1-38-18-2-3-24-19(14-18)26(20(29)16-34-24)21(31)4-5-28(15-25(36)37)6-8-35(9-7-28)10-11-39-27-22(32)12-17(30)13-23(27)33/h2-3,12-14,16,21H,4-11,15H2,1H3,(H,36,37). The summed E-state index contributed by atoms with van der Waals surface area (Å²) in [6.45, 7) is 1.33. The van der Waals surface area contributed by atoms with Gasteiger partial charge in [-0.1, -0.05) is 11.6 Å². The van der Waals surface area contributed by atoms with Crippen LogP contribution in [0.4, 0.5) is 17.6 Å². The summed E-state index contributed by atoms with van der Waals surface area (Å²) in [4.78, 5) is 18.0. The number of aliphatic carboxylic acids is 1. The number of methoxy groups -OCH3 is 1. The number of hydrogen-bond donors (Lipinski definition) is 1. The number of ether oxygens (including phenoxy) is 2. The lowest BCUT2D eigenvalue weighted by atomic mass is 9.71. The number of carboxylic acid groups (broad SMARTS) is 1. The minimum Gasteiger partial charge on any atom is -0.497 e. The van der Waals surface area contributed by atoms with Crippen LogP contribution in [0.2, 0.25) is 5.02 Å². The van der Waals surface area contributed by atoms with E-state index in [0.717, 1.165) is 0 Å². The van der Waals surface area contributed by atoms with Gasteiger partial charge in [-0.15, -0.1) is 0 Å². The van der Waals surface area contributed by atoms with E-state index in [-0.39, 0.29) is 24.5 Å². The largest absolute Gasteiger partial charge is 0.497 e. The molecule has 210 valence electrons. The van der Waals surface area contributed by atoms with E-state index in [2.05, 4.69) is 4.98 Å². The summed E-state index contributed by atoms with van der Waals surface area (Å²) in [5.74, 6) is -4.31. The van der Waals surface area contributed by atoms with E-state index in [4.69, 9.17) is 21.1 Å². The molecule has 1 aliphatic heterocycles. The lowest BCUT2D eigenvalue weighted by Gasteiger charge is -2.41. The zero-order valence-corrected chi connectivity index (χ0v) is 22.1. The number of rotatable bonds is 11. The van der Waals surface area contributed by atoms with E-state index >= 15 is 4.39 Å². The van der Waals surface area contributed by atoms with Gasteiger partial charge in [0.2, 0.25) is 0 Å². The number of nitrogens with zero attached hydrogens (tertiary/aromatic N) is 2. The summed E-state index contributed by atoms with van der Waals surface area (Å²) in [6, 6.07) is 6.25. The van der Waals surface area contributed by atoms with Crippen LogP contribution >= 0.6 is 11.6 Å². The number of carboxylic acids is 1. The first kappa shape index (κ1) is 28.9. The Morgan fingerprint density at radius 3 is 2.51 bits per heavy atom. The molecule has 0 bridgehead atoms. The number of hydrogen-bond acceptors (Lipinski definition) is 5. The van der Waals surface area contributed by atoms with Gasteiger partial charge < -0.3 is 14.6 Å². The lowest BCUT2D eigenvalue weighted by Crippen LogP contribution is -2.42. The van der Waals surface area contributed by atoms with E-state index in [1.165, 1.54) is 13.3 Å². The third-order valence-electron chi connectivity index (χ3n) is 7.37. The van der Waals surface area contributed by atoms with Crippen molar-refractivity contribution in [1.29, 1.82) is 0 Å². The summed E-state index contributed by atoms with van der Waals surface area (Å²) < 4.78 is 66.9. The summed E-state index contributed by atoms with van der Waals surface area (Å²) >= 11 is 6.35. The molecular formula is C28H29ClF4N2O4. The van der Waals surface area contributed by atoms with Crippen LogP contribution in [-0.2, 0) is 4.79 Å². The lowest BCUT2D eigenvalue weighted by molar-refractivity contribution is -0.141. The Morgan fingerprint density at radius 1 is 1.18 bits per heavy atom. The highest BCUT2D eigenvalue weighted by molar-refractivity contribution is 6.32. The van der Waals surface area contributed by atoms with Crippen LogP contribution in [0.1, 0.15) is 43.8 Å². The number of fused-ring (bicyclic) bond motifs is 1. The monoisotopic (exact) mass is 568 g/mol. The van der Waals surface area contributed by atoms with Gasteiger partial charge in [0.05, 0.1) is 24.1 Å². The van der Waals surface area contributed by atoms with Gasteiger partial charge in [0.15, 0.2) is 17.4 Å². The van der Waals surface area contributed by atoms with Gasteiger partial charge in [0.25, 0.3) is 0 Å². The SMILES string of the molecule is COc1ccc2ncc(Cl)c(C(F)CCC3(CC(=O)O)CCN(CCOc4c(F)cc(F)cc4F)CC3)c2c1. The zero-order valence-electron chi connectivity index (χ0n) is 21.4. The van der Waals surface area contributed by atoms with Gasteiger partial charge in [0.1, 0.15) is 24.3 Å². The van der Waals surface area contributed by atoms with Crippen LogP contribution in [0.5, 0.6) is 11.5 Å². The highest BCUT2D eigenvalue weighted by Gasteiger charge is 2.37. The molecule has 1 atom stereocenters. The van der Waals surface area contributed by atoms with E-state index in [0.29, 0.717) is 73.2 Å². The molecular weight excluding hydrogens is 540 g/mol. The van der Waals surface area contributed by atoms with Crippen molar-refractivity contribution in [2.75, 3.05) is 33.4 Å². The number of alkyl halides is 1. The molecule has 11 heteroatoms. The molecule has 3 aromatic rings. The molecule has 2 aromatic carbocycles. The fourth-order valence-electron chi connectivity index (χ4n) is 5.22. The van der Waals surface area contributed by atoms with Gasteiger partial charge in [-0.05, 0) is 62.4 Å². The molecule has 6 nitrogen and oxygen atoms in total. The molecule has 1 aliphatic rings. The van der Waals surface area contributed by atoms with Gasteiger partial charge in [0, 0.05) is 35.8 Å². The molecule has 4 rings (SSSR count). The summed E-state index contributed by atoms with van der Waals surface area (Å²) in [6.07, 6.45) is 1.29. The van der Waals surface area contributed by atoms with Gasteiger partial charge in [-0.25, -0.2) is 17.6 Å². The third-order valence-corrected chi connectivity index (χ3v) is 7.67. The van der Waals surface area contributed by atoms with Gasteiger partial charge in [-0.3, -0.25) is 14.7 Å². The van der Waals surface area contributed by atoms with Crippen molar-refractivity contribution >= 4 is 28.5 Å². The molecule has 0 aliphatic carbocycles. The Hall–Kier alpha value is -3.11. The van der Waals surface area contributed by atoms with Crippen molar-refractivity contribution in [2.24, 2.45) is 5.41 Å². The first-order chi connectivity index (χ1) is 18.6. The second-order valence-electron chi connectivity index (χ2n) is 9.87. The quantitative estimate of drug-likeness (QED) is 0.258. The van der Waals surface area contributed by atoms with Crippen molar-refractivity contribution in [1.82, 2.24) is 9.88 Å². The van der Waals surface area contributed by atoms with E-state index in [1.54, 1.807) is 18.2 Å². The van der Waals surface area contributed by atoms with Crippen LogP contribution in [0.3, 0.4) is 0 Å². The highest BCUT2D eigenvalue weighted by Crippen LogP contribution is 2.44. The molecule has 1 fully saturated rings. The number of benzene rings is 2. The van der Waals surface area contributed by atoms with Crippen molar-refractivity contribution in [3.63, 3.8) is 0 Å². The van der Waals surface area contributed by atoms with Gasteiger partial charge >= 0.3 is 5.97 Å². The molecule has 0 spiro atoms. The van der Waals surface area contributed by atoms with Crippen molar-refractivity contribution in [3.05, 3.63) is 64.6 Å². The Kier molecular flexibility index (Phi) is 9.17. The average molecular weight is 569 g/mol. The summed E-state index contributed by atoms with van der Waals surface area (Å²) in [7, 11) is 1.51. The number of likely N-dealkylation sites (tertiary alicyclic amines) is 1. The van der Waals surface area contributed by atoms with Crippen LogP contribution in [-0.4, -0.2) is 54.3 Å². The number of aromatic nitrogens is 1. The number of carbonyl (C=O) groups is 1. The molecule has 1 saturated heterocycles. The molecule has 39 heavy (non-hydrogen) atoms. The van der Waals surface area contributed by atoms with Crippen LogP contribution in [0.25, 0.3) is 10.9 Å². The second-order valence-corrected chi connectivity index (χ2v) is 10.3. The van der Waals surface area contributed by atoms with Gasteiger partial charge in [-0.2, -0.15) is 0 Å². The zero-order chi connectivity index (χ0) is 28.2. The highest BCUT2D eigenvalue weighted by atomic mass is 35.5. The van der Waals surface area contributed by atoms with Crippen molar-refractivity contribution < 1.29 is 36.9 Å². The van der Waals surface area contributed by atoms with E-state index in [9.17, 15) is 23.1 Å². The summed E-state index contributed by atoms with van der Waals surface area (Å²) in [5, 5.41) is 10.3. The van der Waals surface area contributed by atoms with Crippen LogP contribution in [0.15, 0.2) is 36.5 Å². The van der Waals surface area contributed by atoms with Crippen molar-refractivity contribution in [2.45, 2.75) is 38.3 Å². The van der Waals surface area contributed by atoms with Crippen LogP contribution in [0, 0.1) is 22.9 Å². The van der Waals surface area contributed by atoms with E-state index < -0.39 is 40.8 Å². The van der Waals surface area contributed by atoms with E-state index in [1.807, 2.05) is 4.90 Å². The third kappa shape index (κ3) is 6.91. The molecule has 1 N–H and O–H groups in total. The minimum atomic E-state index is -1.44. The maximum Gasteiger partial charge on any atom is 0.303 e. The summed E-state index contributed by atoms with van der Waals surface area (Å²) in [5.41, 5.74) is 0.269. The Morgan fingerprint density at radius 2 is 1.87 bits per heavy atom. The fraction of sp³-hybridized carbons (Fsp3) is 0.429. The first-order valence-electron chi connectivity index (χ1n) is 12.6. The molecule has 1 aromatic heterocycles. The molecule has 0 saturated carbocycles. The second kappa shape index (κ2) is 12.4. The average Bonchev–Trinajstić information content (AvgIpc) is 2.89. The maximum atomic E-state index is 15.7. The van der Waals surface area contributed by atoms with Crippen LogP contribution < -0.4 is 9.47 Å². The number of halogens is 5. The number of pyridine rings is 1. The topological polar surface area (TPSA) is 71.9 Å². The predicted molar refractivity (Wildman–Crippen MR) is 139 cm³/mol. The Balaban J connectivity index is 1.39. The molecule has 0 amide bonds. The maximum absolute atomic E-state index is 15.7. The van der Waals surface area contributed by atoms with Crippen molar-refractivity contribution in [3.8, 4) is 11.5 Å². The Bertz CT molecular complexity index is 1310. The molecule has 2 heterocycles. The normalized spacial score (nSPS) is 16.3. The molecule has 0 radical (unpaired) electrons. The predicted octanol–water partition coefficient (Wildman–Crippen LogP) is 6.74.